The van der Waals surface area contributed by atoms with Crippen molar-refractivity contribution in [3.8, 4) is 5.75 Å². The fourth-order valence-electron chi connectivity index (χ4n) is 1.67. The molecule has 0 saturated heterocycles. The summed E-state index contributed by atoms with van der Waals surface area (Å²) in [4.78, 5) is 12.0. The van der Waals surface area contributed by atoms with Gasteiger partial charge in [-0.25, -0.2) is 0 Å². The minimum Gasteiger partial charge on any atom is -0.491 e. The van der Waals surface area contributed by atoms with Crippen LogP contribution >= 0.6 is 0 Å². The number of nitrogens with one attached hydrogen (secondary N) is 1. The van der Waals surface area contributed by atoms with Gasteiger partial charge in [0.1, 0.15) is 12.4 Å². The third-order valence-corrected chi connectivity index (χ3v) is 2.70. The van der Waals surface area contributed by atoms with E-state index in [1.807, 2.05) is 30.3 Å². The van der Waals surface area contributed by atoms with Gasteiger partial charge in [-0.1, -0.05) is 18.2 Å². The third-order valence-electron chi connectivity index (χ3n) is 2.70. The van der Waals surface area contributed by atoms with Crippen LogP contribution in [0.2, 0.25) is 0 Å². The van der Waals surface area contributed by atoms with Crippen LogP contribution < -0.4 is 10.1 Å². The van der Waals surface area contributed by atoms with E-state index in [0.717, 1.165) is 11.4 Å². The van der Waals surface area contributed by atoms with Crippen molar-refractivity contribution < 1.29 is 14.3 Å². The second-order valence-corrected chi connectivity index (χ2v) is 4.19. The lowest BCUT2D eigenvalue weighted by atomic mass is 10.2. The lowest BCUT2D eigenvalue weighted by molar-refractivity contribution is 0.102. The largest absolute Gasteiger partial charge is 0.491 e. The van der Waals surface area contributed by atoms with E-state index in [-0.39, 0.29) is 5.91 Å². The fraction of sp³-hybridized carbons (Fsp3) is 0.188. The van der Waals surface area contributed by atoms with E-state index in [9.17, 15) is 4.79 Å². The summed E-state index contributed by atoms with van der Waals surface area (Å²) in [6.07, 6.45) is 0. The van der Waals surface area contributed by atoms with Crippen molar-refractivity contribution in [2.75, 3.05) is 25.6 Å². The standard InChI is InChI=1S/C16H17NO3/c1-19-11-12-20-15-9-7-13(8-10-15)16(18)17-14-5-3-2-4-6-14/h2-10H,11-12H2,1H3,(H,17,18). The van der Waals surface area contributed by atoms with E-state index >= 15 is 0 Å². The molecule has 0 saturated carbocycles. The molecule has 0 aliphatic rings. The van der Waals surface area contributed by atoms with Gasteiger partial charge >= 0.3 is 0 Å². The van der Waals surface area contributed by atoms with Crippen molar-refractivity contribution in [1.29, 1.82) is 0 Å². The molecule has 20 heavy (non-hydrogen) atoms. The van der Waals surface area contributed by atoms with Crippen molar-refractivity contribution >= 4 is 11.6 Å². The Bertz CT molecular complexity index is 537. The van der Waals surface area contributed by atoms with Gasteiger partial charge in [-0.3, -0.25) is 4.79 Å². The van der Waals surface area contributed by atoms with E-state index < -0.39 is 0 Å². The Morgan fingerprint density at radius 1 is 1.00 bits per heavy atom. The molecule has 4 nitrogen and oxygen atoms in total. The zero-order chi connectivity index (χ0) is 14.2. The van der Waals surface area contributed by atoms with Gasteiger partial charge in [0.05, 0.1) is 6.61 Å². The molecule has 0 heterocycles. The van der Waals surface area contributed by atoms with Crippen LogP contribution in [0.25, 0.3) is 0 Å². The zero-order valence-corrected chi connectivity index (χ0v) is 11.3. The second-order valence-electron chi connectivity index (χ2n) is 4.19. The van der Waals surface area contributed by atoms with Gasteiger partial charge in [0, 0.05) is 18.4 Å². The van der Waals surface area contributed by atoms with E-state index in [1.54, 1.807) is 31.4 Å². The predicted molar refractivity (Wildman–Crippen MR) is 78.2 cm³/mol. The van der Waals surface area contributed by atoms with Crippen molar-refractivity contribution in [1.82, 2.24) is 0 Å². The molecule has 0 aromatic heterocycles. The number of methoxy groups -OCH3 is 1. The van der Waals surface area contributed by atoms with Crippen LogP contribution in [0, 0.1) is 0 Å². The van der Waals surface area contributed by atoms with Gasteiger partial charge in [-0.15, -0.1) is 0 Å². The first-order valence-corrected chi connectivity index (χ1v) is 6.38. The van der Waals surface area contributed by atoms with Gasteiger partial charge < -0.3 is 14.8 Å². The van der Waals surface area contributed by atoms with Crippen LogP contribution in [-0.2, 0) is 4.74 Å². The van der Waals surface area contributed by atoms with E-state index in [2.05, 4.69) is 5.32 Å². The number of amides is 1. The zero-order valence-electron chi connectivity index (χ0n) is 11.3. The highest BCUT2D eigenvalue weighted by Gasteiger charge is 2.05. The predicted octanol–water partition coefficient (Wildman–Crippen LogP) is 2.96. The Hall–Kier alpha value is -2.33. The van der Waals surface area contributed by atoms with Crippen molar-refractivity contribution in [3.63, 3.8) is 0 Å². The highest BCUT2D eigenvalue weighted by Crippen LogP contribution is 2.14. The molecule has 0 atom stereocenters. The number of hydrogen-bond acceptors (Lipinski definition) is 3. The Labute approximate surface area is 118 Å². The Kier molecular flexibility index (Phi) is 5.15. The second kappa shape index (κ2) is 7.31. The Morgan fingerprint density at radius 2 is 1.70 bits per heavy atom. The molecule has 4 heteroatoms. The van der Waals surface area contributed by atoms with Crippen LogP contribution in [0.3, 0.4) is 0 Å². The molecule has 0 bridgehead atoms. The maximum Gasteiger partial charge on any atom is 0.255 e. The molecule has 2 rings (SSSR count). The van der Waals surface area contributed by atoms with E-state index in [4.69, 9.17) is 9.47 Å². The van der Waals surface area contributed by atoms with Crippen LogP contribution in [0.15, 0.2) is 54.6 Å². The average Bonchev–Trinajstić information content (AvgIpc) is 2.49. The SMILES string of the molecule is COCCOc1ccc(C(=O)Nc2ccccc2)cc1. The van der Waals surface area contributed by atoms with Crippen LogP contribution in [0.5, 0.6) is 5.75 Å². The first kappa shape index (κ1) is 14.1. The summed E-state index contributed by atoms with van der Waals surface area (Å²) < 4.78 is 10.3. The summed E-state index contributed by atoms with van der Waals surface area (Å²) >= 11 is 0. The quantitative estimate of drug-likeness (QED) is 0.822. The van der Waals surface area contributed by atoms with Crippen molar-refractivity contribution in [2.24, 2.45) is 0 Å². The molecule has 0 aliphatic heterocycles. The van der Waals surface area contributed by atoms with Gasteiger partial charge in [0.15, 0.2) is 0 Å². The molecule has 2 aromatic rings. The minimum absolute atomic E-state index is 0.139. The van der Waals surface area contributed by atoms with Gasteiger partial charge in [-0.2, -0.15) is 0 Å². The number of carbonyl (C=O) groups is 1. The molecule has 1 amide bonds. The topological polar surface area (TPSA) is 47.6 Å². The molecule has 2 aromatic carbocycles. The highest BCUT2D eigenvalue weighted by molar-refractivity contribution is 6.04. The van der Waals surface area contributed by atoms with Gasteiger partial charge in [-0.05, 0) is 36.4 Å². The number of hydrogen-bond donors (Lipinski definition) is 1. The van der Waals surface area contributed by atoms with Crippen molar-refractivity contribution in [2.45, 2.75) is 0 Å². The molecule has 0 radical (unpaired) electrons. The number of ether oxygens (including phenoxy) is 2. The van der Waals surface area contributed by atoms with E-state index in [0.29, 0.717) is 18.8 Å². The normalized spacial score (nSPS) is 10.1. The molecular weight excluding hydrogens is 254 g/mol. The number of rotatable bonds is 6. The molecule has 0 spiro atoms. The highest BCUT2D eigenvalue weighted by atomic mass is 16.5. The summed E-state index contributed by atoms with van der Waals surface area (Å²) in [5, 5.41) is 2.83. The summed E-state index contributed by atoms with van der Waals surface area (Å²) in [6, 6.07) is 16.4. The first-order chi connectivity index (χ1) is 9.79. The fourth-order valence-corrected chi connectivity index (χ4v) is 1.67. The number of carbonyl (C=O) groups excluding carboxylic acids is 1. The maximum atomic E-state index is 12.0. The lowest BCUT2D eigenvalue weighted by Crippen LogP contribution is -2.11. The Balaban J connectivity index is 1.94. The smallest absolute Gasteiger partial charge is 0.255 e. The van der Waals surface area contributed by atoms with Gasteiger partial charge in [0.25, 0.3) is 5.91 Å². The van der Waals surface area contributed by atoms with Gasteiger partial charge in [0.2, 0.25) is 0 Å². The number of anilines is 1. The summed E-state index contributed by atoms with van der Waals surface area (Å²) in [5.41, 5.74) is 1.37. The molecule has 0 aliphatic carbocycles. The summed E-state index contributed by atoms with van der Waals surface area (Å²) in [7, 11) is 1.63. The average molecular weight is 271 g/mol. The monoisotopic (exact) mass is 271 g/mol. The Morgan fingerprint density at radius 3 is 2.35 bits per heavy atom. The number of para-hydroxylation sites is 1. The summed E-state index contributed by atoms with van der Waals surface area (Å²) in [6.45, 7) is 1.03. The van der Waals surface area contributed by atoms with Crippen LogP contribution in [0.1, 0.15) is 10.4 Å². The summed E-state index contributed by atoms with van der Waals surface area (Å²) in [5.74, 6) is 0.581. The molecule has 0 fully saturated rings. The maximum absolute atomic E-state index is 12.0. The third kappa shape index (κ3) is 4.10. The van der Waals surface area contributed by atoms with Crippen LogP contribution in [-0.4, -0.2) is 26.2 Å². The van der Waals surface area contributed by atoms with E-state index in [1.165, 1.54) is 0 Å². The molecular formula is C16H17NO3. The minimum atomic E-state index is -0.139. The van der Waals surface area contributed by atoms with Crippen molar-refractivity contribution in [3.05, 3.63) is 60.2 Å². The first-order valence-electron chi connectivity index (χ1n) is 6.38. The van der Waals surface area contributed by atoms with Crippen LogP contribution in [0.4, 0.5) is 5.69 Å². The number of benzene rings is 2. The molecule has 1 N–H and O–H groups in total. The molecule has 104 valence electrons. The molecule has 0 unspecified atom stereocenters. The lowest BCUT2D eigenvalue weighted by Gasteiger charge is -2.07.